The average molecular weight is 483 g/mol. The van der Waals surface area contributed by atoms with Gasteiger partial charge in [-0.3, -0.25) is 9.59 Å². The van der Waals surface area contributed by atoms with E-state index < -0.39 is 5.60 Å². The van der Waals surface area contributed by atoms with Crippen LogP contribution in [0.15, 0.2) is 42.5 Å². The summed E-state index contributed by atoms with van der Waals surface area (Å²) in [5.74, 6) is 1.08. The van der Waals surface area contributed by atoms with E-state index in [1.165, 1.54) is 0 Å². The quantitative estimate of drug-likeness (QED) is 0.384. The van der Waals surface area contributed by atoms with E-state index in [0.29, 0.717) is 55.8 Å². The molecular formula is C27H34N2O6. The number of carbonyl (C=O) groups excluding carboxylic acids is 3. The number of fused-ring (bicyclic) bond motifs is 1. The van der Waals surface area contributed by atoms with E-state index in [1.807, 2.05) is 45.0 Å². The van der Waals surface area contributed by atoms with Gasteiger partial charge in [0.2, 0.25) is 0 Å². The van der Waals surface area contributed by atoms with Crippen molar-refractivity contribution in [3.8, 4) is 11.5 Å². The largest absolute Gasteiger partial charge is 0.497 e. The molecule has 8 heteroatoms. The molecule has 0 aliphatic carbocycles. The van der Waals surface area contributed by atoms with Crippen LogP contribution >= 0.6 is 0 Å². The van der Waals surface area contributed by atoms with Gasteiger partial charge < -0.3 is 24.4 Å². The fourth-order valence-corrected chi connectivity index (χ4v) is 3.70. The molecule has 0 aromatic heterocycles. The van der Waals surface area contributed by atoms with Gasteiger partial charge in [0.1, 0.15) is 17.1 Å². The number of hydrogen-bond acceptors (Lipinski definition) is 6. The molecule has 0 saturated heterocycles. The summed E-state index contributed by atoms with van der Waals surface area (Å²) in [7, 11) is 1.63. The van der Waals surface area contributed by atoms with Crippen molar-refractivity contribution < 1.29 is 28.6 Å². The molecule has 0 bridgehead atoms. The summed E-state index contributed by atoms with van der Waals surface area (Å²) < 4.78 is 16.2. The summed E-state index contributed by atoms with van der Waals surface area (Å²) in [4.78, 5) is 38.7. The number of ketones is 1. The van der Waals surface area contributed by atoms with Crippen LogP contribution in [-0.2, 0) is 16.0 Å². The second-order valence-electron chi connectivity index (χ2n) is 9.50. The maximum atomic E-state index is 12.8. The van der Waals surface area contributed by atoms with E-state index >= 15 is 0 Å². The van der Waals surface area contributed by atoms with E-state index in [1.54, 1.807) is 30.2 Å². The number of rotatable bonds is 10. The molecule has 0 unspecified atom stereocenters. The van der Waals surface area contributed by atoms with E-state index in [-0.39, 0.29) is 24.4 Å². The van der Waals surface area contributed by atoms with Crippen LogP contribution in [0, 0.1) is 0 Å². The zero-order chi connectivity index (χ0) is 25.4. The Bertz CT molecular complexity index is 1060. The van der Waals surface area contributed by atoms with Crippen molar-refractivity contribution in [1.29, 1.82) is 0 Å². The zero-order valence-electron chi connectivity index (χ0n) is 20.9. The highest BCUT2D eigenvalue weighted by molar-refractivity contribution is 6.00. The lowest BCUT2D eigenvalue weighted by atomic mass is 10.0. The highest BCUT2D eigenvalue weighted by atomic mass is 16.6. The summed E-state index contributed by atoms with van der Waals surface area (Å²) >= 11 is 0. The topological polar surface area (TPSA) is 94.2 Å². The van der Waals surface area contributed by atoms with Gasteiger partial charge in [0.25, 0.3) is 5.91 Å². The lowest BCUT2D eigenvalue weighted by Crippen LogP contribution is -2.38. The number of hydrogen-bond donors (Lipinski definition) is 1. The minimum absolute atomic E-state index is 0.0205. The maximum Gasteiger partial charge on any atom is 0.410 e. The first-order valence-corrected chi connectivity index (χ1v) is 11.9. The summed E-state index contributed by atoms with van der Waals surface area (Å²) in [6.07, 6.45) is 1.92. The van der Waals surface area contributed by atoms with Crippen molar-refractivity contribution in [2.24, 2.45) is 0 Å². The van der Waals surface area contributed by atoms with Crippen molar-refractivity contribution in [1.82, 2.24) is 4.90 Å². The molecule has 2 aromatic carbocycles. The third-order valence-corrected chi connectivity index (χ3v) is 5.47. The monoisotopic (exact) mass is 482 g/mol. The van der Waals surface area contributed by atoms with Gasteiger partial charge in [-0.05, 0) is 75.9 Å². The van der Waals surface area contributed by atoms with Crippen molar-refractivity contribution in [2.75, 3.05) is 32.1 Å². The molecule has 2 amide bonds. The molecule has 0 radical (unpaired) electrons. The van der Waals surface area contributed by atoms with Crippen LogP contribution in [0.2, 0.25) is 0 Å². The van der Waals surface area contributed by atoms with Crippen molar-refractivity contribution in [3.05, 3.63) is 53.6 Å². The van der Waals surface area contributed by atoms with Crippen LogP contribution in [0.4, 0.5) is 10.5 Å². The van der Waals surface area contributed by atoms with Gasteiger partial charge in [-0.25, -0.2) is 4.79 Å². The van der Waals surface area contributed by atoms with Crippen LogP contribution in [0.25, 0.3) is 0 Å². The Morgan fingerprint density at radius 2 is 1.89 bits per heavy atom. The van der Waals surface area contributed by atoms with Crippen molar-refractivity contribution >= 4 is 23.5 Å². The third-order valence-electron chi connectivity index (χ3n) is 5.47. The first kappa shape index (κ1) is 26.1. The summed E-state index contributed by atoms with van der Waals surface area (Å²) in [6, 6.07) is 12.8. The Morgan fingerprint density at radius 3 is 2.63 bits per heavy atom. The number of nitrogens with one attached hydrogen (secondary N) is 1. The number of unbranched alkanes of at least 4 members (excludes halogenated alkanes) is 1. The van der Waals surface area contributed by atoms with Crippen LogP contribution < -0.4 is 14.8 Å². The highest BCUT2D eigenvalue weighted by Gasteiger charge is 2.22. The molecule has 0 spiro atoms. The van der Waals surface area contributed by atoms with E-state index in [0.717, 1.165) is 11.3 Å². The molecular weight excluding hydrogens is 448 g/mol. The van der Waals surface area contributed by atoms with Crippen LogP contribution in [0.1, 0.15) is 56.0 Å². The molecule has 35 heavy (non-hydrogen) atoms. The SMILES string of the molecule is COc1cccc(CCN(CCCCC(=O)c2ccc3c(c2)NC(=O)CO3)C(=O)OC(C)(C)C)c1. The summed E-state index contributed by atoms with van der Waals surface area (Å²) in [5, 5.41) is 2.72. The van der Waals surface area contributed by atoms with Crippen LogP contribution in [-0.4, -0.2) is 55.1 Å². The number of nitrogens with zero attached hydrogens (tertiary/aromatic N) is 1. The molecule has 3 rings (SSSR count). The number of benzene rings is 2. The minimum atomic E-state index is -0.590. The molecule has 1 aliphatic rings. The maximum absolute atomic E-state index is 12.8. The number of carbonyl (C=O) groups is 3. The smallest absolute Gasteiger partial charge is 0.410 e. The predicted molar refractivity (Wildman–Crippen MR) is 133 cm³/mol. The van der Waals surface area contributed by atoms with Gasteiger partial charge >= 0.3 is 6.09 Å². The first-order chi connectivity index (χ1) is 16.6. The Labute approximate surface area is 206 Å². The van der Waals surface area contributed by atoms with E-state index in [2.05, 4.69) is 5.32 Å². The van der Waals surface area contributed by atoms with Gasteiger partial charge in [-0.15, -0.1) is 0 Å². The summed E-state index contributed by atoms with van der Waals surface area (Å²) in [6.45, 7) is 6.49. The van der Waals surface area contributed by atoms with Crippen molar-refractivity contribution in [3.63, 3.8) is 0 Å². The lowest BCUT2D eigenvalue weighted by molar-refractivity contribution is -0.118. The number of ether oxygens (including phenoxy) is 3. The Kier molecular flexibility index (Phi) is 8.73. The number of methoxy groups -OCH3 is 1. The number of amides is 2. The third kappa shape index (κ3) is 8.02. The molecule has 1 heterocycles. The van der Waals surface area contributed by atoms with Gasteiger partial charge in [-0.1, -0.05) is 12.1 Å². The van der Waals surface area contributed by atoms with E-state index in [9.17, 15) is 14.4 Å². The summed E-state index contributed by atoms with van der Waals surface area (Å²) in [5.41, 5.74) is 1.52. The van der Waals surface area contributed by atoms with Gasteiger partial charge in [0.05, 0.1) is 12.8 Å². The van der Waals surface area contributed by atoms with Gasteiger partial charge in [0, 0.05) is 25.1 Å². The van der Waals surface area contributed by atoms with Gasteiger partial charge in [0.15, 0.2) is 12.4 Å². The fraction of sp³-hybridized carbons (Fsp3) is 0.444. The molecule has 0 fully saturated rings. The predicted octanol–water partition coefficient (Wildman–Crippen LogP) is 4.86. The van der Waals surface area contributed by atoms with Crippen molar-refractivity contribution in [2.45, 2.75) is 52.1 Å². The van der Waals surface area contributed by atoms with Crippen LogP contribution in [0.3, 0.4) is 0 Å². The molecule has 1 aliphatic heterocycles. The second-order valence-corrected chi connectivity index (χ2v) is 9.50. The highest BCUT2D eigenvalue weighted by Crippen LogP contribution is 2.29. The molecule has 8 nitrogen and oxygen atoms in total. The normalized spacial score (nSPS) is 12.7. The van der Waals surface area contributed by atoms with Crippen LogP contribution in [0.5, 0.6) is 11.5 Å². The first-order valence-electron chi connectivity index (χ1n) is 11.9. The molecule has 2 aromatic rings. The number of Topliss-reactive ketones (excluding diaryl/α,β-unsaturated/α-hetero) is 1. The number of anilines is 1. The van der Waals surface area contributed by atoms with Gasteiger partial charge in [-0.2, -0.15) is 0 Å². The standard InChI is InChI=1S/C27H34N2O6/c1-27(2,3)35-26(32)29(15-13-19-8-7-9-21(16-19)33-4)14-6-5-10-23(30)20-11-12-24-22(17-20)28-25(31)18-34-24/h7-9,11-12,16-17H,5-6,10,13-15,18H2,1-4H3,(H,28,31). The van der Waals surface area contributed by atoms with E-state index in [4.69, 9.17) is 14.2 Å². The lowest BCUT2D eigenvalue weighted by Gasteiger charge is -2.27. The Morgan fingerprint density at radius 1 is 1.09 bits per heavy atom. The fourth-order valence-electron chi connectivity index (χ4n) is 3.70. The Balaban J connectivity index is 1.54. The second kappa shape index (κ2) is 11.7. The molecule has 0 saturated carbocycles. The molecule has 188 valence electrons. The minimum Gasteiger partial charge on any atom is -0.497 e. The average Bonchev–Trinajstić information content (AvgIpc) is 2.81. The molecule has 0 atom stereocenters. The zero-order valence-corrected chi connectivity index (χ0v) is 20.9. The molecule has 1 N–H and O–H groups in total. The Hall–Kier alpha value is -3.55.